The minimum absolute atomic E-state index is 0.0915. The van der Waals surface area contributed by atoms with Crippen LogP contribution in [0.1, 0.15) is 12.5 Å². The Bertz CT molecular complexity index is 392. The van der Waals surface area contributed by atoms with Gasteiger partial charge in [-0.2, -0.15) is 0 Å². The van der Waals surface area contributed by atoms with Crippen LogP contribution in [0.5, 0.6) is 0 Å². The number of nitrogens with two attached hydrogens (primary N) is 1. The van der Waals surface area contributed by atoms with E-state index in [0.717, 1.165) is 5.56 Å². The number of rotatable bonds is 7. The lowest BCUT2D eigenvalue weighted by molar-refractivity contribution is -0.121. The lowest BCUT2D eigenvalue weighted by Crippen LogP contribution is -2.47. The average Bonchev–Trinajstić information content (AvgIpc) is 2.35. The molecule has 2 amide bonds. The van der Waals surface area contributed by atoms with E-state index in [9.17, 15) is 9.59 Å². The summed E-state index contributed by atoms with van der Waals surface area (Å²) in [4.78, 5) is 22.6. The van der Waals surface area contributed by atoms with Crippen LogP contribution in [0.15, 0.2) is 30.3 Å². The SMILES string of the molecule is CCNC(=O)CNC(Cc1ccccc1)C(N)=O. The van der Waals surface area contributed by atoms with Crippen LogP contribution in [0.4, 0.5) is 0 Å². The van der Waals surface area contributed by atoms with Crippen molar-refractivity contribution in [2.24, 2.45) is 5.73 Å². The van der Waals surface area contributed by atoms with Gasteiger partial charge in [0.15, 0.2) is 0 Å². The summed E-state index contributed by atoms with van der Waals surface area (Å²) >= 11 is 0. The van der Waals surface area contributed by atoms with Crippen LogP contribution in [0.3, 0.4) is 0 Å². The molecule has 0 fully saturated rings. The molecule has 0 radical (unpaired) electrons. The molecule has 0 aliphatic heterocycles. The van der Waals surface area contributed by atoms with Crippen LogP contribution in [0.2, 0.25) is 0 Å². The molecule has 0 spiro atoms. The Morgan fingerprint density at radius 1 is 1.28 bits per heavy atom. The van der Waals surface area contributed by atoms with Crippen molar-refractivity contribution in [3.63, 3.8) is 0 Å². The number of hydrogen-bond donors (Lipinski definition) is 3. The van der Waals surface area contributed by atoms with E-state index in [2.05, 4.69) is 10.6 Å². The molecule has 1 rings (SSSR count). The molecule has 0 bridgehead atoms. The van der Waals surface area contributed by atoms with Crippen molar-refractivity contribution in [1.29, 1.82) is 0 Å². The van der Waals surface area contributed by atoms with Crippen LogP contribution in [-0.2, 0) is 16.0 Å². The number of primary amides is 1. The Balaban J connectivity index is 2.51. The summed E-state index contributed by atoms with van der Waals surface area (Å²) in [5.41, 5.74) is 6.32. The summed E-state index contributed by atoms with van der Waals surface area (Å²) in [6.45, 7) is 2.50. The van der Waals surface area contributed by atoms with E-state index in [0.29, 0.717) is 13.0 Å². The zero-order chi connectivity index (χ0) is 13.4. The van der Waals surface area contributed by atoms with Gasteiger partial charge in [-0.3, -0.25) is 14.9 Å². The fraction of sp³-hybridized carbons (Fsp3) is 0.385. The van der Waals surface area contributed by atoms with Gasteiger partial charge in [0.1, 0.15) is 0 Å². The fourth-order valence-electron chi connectivity index (χ4n) is 1.60. The molecule has 98 valence electrons. The summed E-state index contributed by atoms with van der Waals surface area (Å²) in [5.74, 6) is -0.597. The van der Waals surface area contributed by atoms with Gasteiger partial charge in [0.2, 0.25) is 11.8 Å². The highest BCUT2D eigenvalue weighted by molar-refractivity contribution is 5.82. The van der Waals surface area contributed by atoms with Gasteiger partial charge in [-0.05, 0) is 18.9 Å². The topological polar surface area (TPSA) is 84.2 Å². The summed E-state index contributed by atoms with van der Waals surface area (Å²) in [6, 6.07) is 9.02. The van der Waals surface area contributed by atoms with Crippen LogP contribution < -0.4 is 16.4 Å². The smallest absolute Gasteiger partial charge is 0.234 e. The third-order valence-corrected chi connectivity index (χ3v) is 2.51. The van der Waals surface area contributed by atoms with Crippen LogP contribution in [0, 0.1) is 0 Å². The molecule has 1 aromatic carbocycles. The zero-order valence-corrected chi connectivity index (χ0v) is 10.5. The highest BCUT2D eigenvalue weighted by atomic mass is 16.2. The van der Waals surface area contributed by atoms with Crippen molar-refractivity contribution in [3.05, 3.63) is 35.9 Å². The van der Waals surface area contributed by atoms with Crippen LogP contribution in [-0.4, -0.2) is 30.9 Å². The van der Waals surface area contributed by atoms with E-state index in [-0.39, 0.29) is 12.5 Å². The molecule has 18 heavy (non-hydrogen) atoms. The molecule has 0 heterocycles. The molecule has 0 aliphatic carbocycles. The van der Waals surface area contributed by atoms with Crippen molar-refractivity contribution < 1.29 is 9.59 Å². The predicted octanol–water partition coefficient (Wildman–Crippen LogP) is -0.191. The molecule has 0 aliphatic rings. The molecule has 1 aromatic rings. The molecule has 0 aromatic heterocycles. The van der Waals surface area contributed by atoms with E-state index in [1.807, 2.05) is 37.3 Å². The number of hydrogen-bond acceptors (Lipinski definition) is 3. The number of benzene rings is 1. The largest absolute Gasteiger partial charge is 0.368 e. The highest BCUT2D eigenvalue weighted by Crippen LogP contribution is 2.02. The van der Waals surface area contributed by atoms with Gasteiger partial charge in [0.05, 0.1) is 12.6 Å². The molecule has 0 saturated heterocycles. The highest BCUT2D eigenvalue weighted by Gasteiger charge is 2.16. The van der Waals surface area contributed by atoms with Gasteiger partial charge >= 0.3 is 0 Å². The lowest BCUT2D eigenvalue weighted by atomic mass is 10.1. The average molecular weight is 249 g/mol. The van der Waals surface area contributed by atoms with E-state index >= 15 is 0 Å². The van der Waals surface area contributed by atoms with Crippen molar-refractivity contribution >= 4 is 11.8 Å². The maximum atomic E-state index is 11.3. The zero-order valence-electron chi connectivity index (χ0n) is 10.5. The lowest BCUT2D eigenvalue weighted by Gasteiger charge is -2.15. The minimum Gasteiger partial charge on any atom is -0.368 e. The third-order valence-electron chi connectivity index (χ3n) is 2.51. The molecular weight excluding hydrogens is 230 g/mol. The van der Waals surface area contributed by atoms with Gasteiger partial charge in [0, 0.05) is 6.54 Å². The molecule has 1 atom stereocenters. The van der Waals surface area contributed by atoms with Crippen molar-refractivity contribution in [2.75, 3.05) is 13.1 Å². The van der Waals surface area contributed by atoms with Gasteiger partial charge in [0.25, 0.3) is 0 Å². The standard InChI is InChI=1S/C13H19N3O2/c1-2-15-12(17)9-16-11(13(14)18)8-10-6-4-3-5-7-10/h3-7,11,16H,2,8-9H2,1H3,(H2,14,18)(H,15,17). The second-order valence-electron chi connectivity index (χ2n) is 3.98. The maximum absolute atomic E-state index is 11.3. The predicted molar refractivity (Wildman–Crippen MR) is 69.8 cm³/mol. The van der Waals surface area contributed by atoms with Crippen molar-refractivity contribution in [2.45, 2.75) is 19.4 Å². The molecule has 5 heteroatoms. The van der Waals surface area contributed by atoms with E-state index < -0.39 is 11.9 Å². The monoisotopic (exact) mass is 249 g/mol. The second kappa shape index (κ2) is 7.45. The number of carbonyl (C=O) groups is 2. The number of carbonyl (C=O) groups excluding carboxylic acids is 2. The first-order valence-electron chi connectivity index (χ1n) is 5.96. The Hall–Kier alpha value is -1.88. The second-order valence-corrected chi connectivity index (χ2v) is 3.98. The summed E-state index contributed by atoms with van der Waals surface area (Å²) < 4.78 is 0. The Kier molecular flexibility index (Phi) is 5.87. The number of amides is 2. The Labute approximate surface area is 107 Å². The molecule has 0 saturated carbocycles. The van der Waals surface area contributed by atoms with E-state index in [1.54, 1.807) is 0 Å². The maximum Gasteiger partial charge on any atom is 0.234 e. The number of nitrogens with one attached hydrogen (secondary N) is 2. The normalized spacial score (nSPS) is 11.8. The van der Waals surface area contributed by atoms with Gasteiger partial charge in [-0.25, -0.2) is 0 Å². The quantitative estimate of drug-likeness (QED) is 0.626. The molecule has 1 unspecified atom stereocenters. The first-order chi connectivity index (χ1) is 8.63. The summed E-state index contributed by atoms with van der Waals surface area (Å²) in [7, 11) is 0. The third kappa shape index (κ3) is 4.97. The number of likely N-dealkylation sites (N-methyl/N-ethyl adjacent to an activating group) is 1. The van der Waals surface area contributed by atoms with Gasteiger partial charge < -0.3 is 11.1 Å². The Morgan fingerprint density at radius 3 is 2.50 bits per heavy atom. The van der Waals surface area contributed by atoms with Crippen molar-refractivity contribution in [3.8, 4) is 0 Å². The van der Waals surface area contributed by atoms with Gasteiger partial charge in [-0.1, -0.05) is 30.3 Å². The fourth-order valence-corrected chi connectivity index (χ4v) is 1.60. The minimum atomic E-state index is -0.532. The summed E-state index contributed by atoms with van der Waals surface area (Å²) in [5, 5.41) is 5.52. The summed E-state index contributed by atoms with van der Waals surface area (Å²) in [6.07, 6.45) is 0.482. The Morgan fingerprint density at radius 2 is 1.94 bits per heavy atom. The molecule has 4 N–H and O–H groups in total. The van der Waals surface area contributed by atoms with Crippen LogP contribution in [0.25, 0.3) is 0 Å². The van der Waals surface area contributed by atoms with Crippen molar-refractivity contribution in [1.82, 2.24) is 10.6 Å². The van der Waals surface area contributed by atoms with Gasteiger partial charge in [-0.15, -0.1) is 0 Å². The first kappa shape index (κ1) is 14.2. The van der Waals surface area contributed by atoms with E-state index in [4.69, 9.17) is 5.73 Å². The van der Waals surface area contributed by atoms with E-state index in [1.165, 1.54) is 0 Å². The van der Waals surface area contributed by atoms with Crippen LogP contribution >= 0.6 is 0 Å². The molecule has 5 nitrogen and oxygen atoms in total. The molecular formula is C13H19N3O2. The first-order valence-corrected chi connectivity index (χ1v) is 5.96.